The molecule has 34 heavy (non-hydrogen) atoms. The molecule has 0 fully saturated rings. The van der Waals surface area contributed by atoms with Crippen molar-refractivity contribution in [2.45, 2.75) is 95.4 Å². The van der Waals surface area contributed by atoms with E-state index in [1.807, 2.05) is 0 Å². The van der Waals surface area contributed by atoms with Gasteiger partial charge >= 0.3 is 0 Å². The minimum atomic E-state index is 1.09. The Bertz CT molecular complexity index is 1190. The minimum Gasteiger partial charge on any atom is -0.0654 e. The number of allylic oxidation sites excluding steroid dienone is 1. The Balaban J connectivity index is 2.62. The lowest BCUT2D eigenvalue weighted by atomic mass is 9.77. The third-order valence-electron chi connectivity index (χ3n) is 8.70. The molecule has 180 valence electrons. The molecule has 0 aliphatic heterocycles. The molecule has 0 aliphatic carbocycles. The molecule has 0 nitrogen and oxygen atoms in total. The van der Waals surface area contributed by atoms with Gasteiger partial charge in [0, 0.05) is 0 Å². The van der Waals surface area contributed by atoms with Crippen LogP contribution in [0.2, 0.25) is 0 Å². The van der Waals surface area contributed by atoms with Crippen molar-refractivity contribution >= 4 is 11.1 Å². The zero-order chi connectivity index (χ0) is 25.3. The average Bonchev–Trinajstić information content (AvgIpc) is 2.84. The highest BCUT2D eigenvalue weighted by Crippen LogP contribution is 2.43. The highest BCUT2D eigenvalue weighted by molar-refractivity contribution is 6.02. The zero-order valence-electron chi connectivity index (χ0n) is 23.5. The number of rotatable bonds is 6. The Morgan fingerprint density at radius 1 is 0.500 bits per heavy atom. The monoisotopic (exact) mass is 452 g/mol. The van der Waals surface area contributed by atoms with Gasteiger partial charge in [-0.15, -0.1) is 0 Å². The van der Waals surface area contributed by atoms with Gasteiger partial charge in [-0.05, 0) is 166 Å². The quantitative estimate of drug-likeness (QED) is 0.326. The summed E-state index contributed by atoms with van der Waals surface area (Å²) in [7, 11) is 0. The molecule has 0 heterocycles. The topological polar surface area (TPSA) is 0 Å². The standard InChI is InChI=1S/C34H44/c1-12-13-19-31(32-26(8)22(4)20(2)23(5)27(32)9)34(30-17-15-14-16-18-30)33-28(10)24(6)21(3)25(7)29(33)11/h14-18H,12-13,19H2,1-11H3/b34-31-. The predicted octanol–water partition coefficient (Wildman–Crippen LogP) is 9.92. The summed E-state index contributed by atoms with van der Waals surface area (Å²) in [6, 6.07) is 11.1. The van der Waals surface area contributed by atoms with E-state index in [1.165, 1.54) is 96.3 Å². The van der Waals surface area contributed by atoms with Crippen LogP contribution in [-0.4, -0.2) is 0 Å². The van der Waals surface area contributed by atoms with Gasteiger partial charge in [-0.25, -0.2) is 0 Å². The fraction of sp³-hybridized carbons (Fsp3) is 0.412. The smallest absolute Gasteiger partial charge is 0.00676 e. The maximum atomic E-state index is 2.34. The number of unbranched alkanes of at least 4 members (excludes halogenated alkanes) is 1. The highest BCUT2D eigenvalue weighted by Gasteiger charge is 2.24. The molecule has 0 N–H and O–H groups in total. The van der Waals surface area contributed by atoms with Crippen LogP contribution < -0.4 is 0 Å². The van der Waals surface area contributed by atoms with E-state index in [4.69, 9.17) is 0 Å². The second-order valence-corrected chi connectivity index (χ2v) is 10.3. The lowest BCUT2D eigenvalue weighted by Crippen LogP contribution is -2.08. The molecule has 0 unspecified atom stereocenters. The van der Waals surface area contributed by atoms with Crippen molar-refractivity contribution in [3.05, 3.63) is 103 Å². The van der Waals surface area contributed by atoms with E-state index in [1.54, 1.807) is 0 Å². The van der Waals surface area contributed by atoms with Crippen LogP contribution in [0, 0.1) is 69.2 Å². The summed E-state index contributed by atoms with van der Waals surface area (Å²) in [4.78, 5) is 0. The van der Waals surface area contributed by atoms with E-state index >= 15 is 0 Å². The van der Waals surface area contributed by atoms with E-state index < -0.39 is 0 Å². The molecule has 0 saturated heterocycles. The first kappa shape index (κ1) is 26.0. The van der Waals surface area contributed by atoms with Crippen molar-refractivity contribution in [2.75, 3.05) is 0 Å². The molecule has 0 aliphatic rings. The molecular weight excluding hydrogens is 408 g/mol. The van der Waals surface area contributed by atoms with E-state index in [9.17, 15) is 0 Å². The second kappa shape index (κ2) is 10.3. The van der Waals surface area contributed by atoms with Crippen LogP contribution in [-0.2, 0) is 0 Å². The van der Waals surface area contributed by atoms with Crippen LogP contribution in [0.15, 0.2) is 30.3 Å². The largest absolute Gasteiger partial charge is 0.0654 e. The Labute approximate surface area is 209 Å². The van der Waals surface area contributed by atoms with Gasteiger partial charge in [0.25, 0.3) is 0 Å². The first-order valence-corrected chi connectivity index (χ1v) is 13.0. The summed E-state index contributed by atoms with van der Waals surface area (Å²) in [5, 5.41) is 0. The summed E-state index contributed by atoms with van der Waals surface area (Å²) < 4.78 is 0. The lowest BCUT2D eigenvalue weighted by Gasteiger charge is -2.27. The van der Waals surface area contributed by atoms with Crippen molar-refractivity contribution in [2.24, 2.45) is 0 Å². The maximum Gasteiger partial charge on any atom is -0.00676 e. The summed E-state index contributed by atoms with van der Waals surface area (Å²) >= 11 is 0. The van der Waals surface area contributed by atoms with Crippen molar-refractivity contribution in [3.63, 3.8) is 0 Å². The Kier molecular flexibility index (Phi) is 7.91. The van der Waals surface area contributed by atoms with Crippen LogP contribution >= 0.6 is 0 Å². The molecule has 0 atom stereocenters. The van der Waals surface area contributed by atoms with Gasteiger partial charge in [-0.3, -0.25) is 0 Å². The van der Waals surface area contributed by atoms with E-state index in [0.29, 0.717) is 0 Å². The third-order valence-corrected chi connectivity index (χ3v) is 8.70. The van der Waals surface area contributed by atoms with E-state index in [-0.39, 0.29) is 0 Å². The molecule has 0 spiro atoms. The second-order valence-electron chi connectivity index (χ2n) is 10.3. The number of benzene rings is 3. The first-order chi connectivity index (χ1) is 16.0. The zero-order valence-corrected chi connectivity index (χ0v) is 23.5. The molecule has 3 aromatic carbocycles. The van der Waals surface area contributed by atoms with Gasteiger partial charge < -0.3 is 0 Å². The number of hydrogen-bond donors (Lipinski definition) is 0. The third kappa shape index (κ3) is 4.40. The molecule has 0 bridgehead atoms. The highest BCUT2D eigenvalue weighted by atomic mass is 14.3. The summed E-state index contributed by atoms with van der Waals surface area (Å²) in [6.07, 6.45) is 3.48. The van der Waals surface area contributed by atoms with Crippen molar-refractivity contribution < 1.29 is 0 Å². The van der Waals surface area contributed by atoms with Gasteiger partial charge in [-0.1, -0.05) is 43.7 Å². The first-order valence-electron chi connectivity index (χ1n) is 13.0. The average molecular weight is 453 g/mol. The van der Waals surface area contributed by atoms with E-state index in [0.717, 1.165) is 6.42 Å². The summed E-state index contributed by atoms with van der Waals surface area (Å²) in [6.45, 7) is 25.4. The molecule has 0 radical (unpaired) electrons. The fourth-order valence-corrected chi connectivity index (χ4v) is 5.63. The van der Waals surface area contributed by atoms with Crippen molar-refractivity contribution in [3.8, 4) is 0 Å². The van der Waals surface area contributed by atoms with E-state index in [2.05, 4.69) is 106 Å². The Morgan fingerprint density at radius 3 is 1.29 bits per heavy atom. The van der Waals surface area contributed by atoms with Gasteiger partial charge in [-0.2, -0.15) is 0 Å². The van der Waals surface area contributed by atoms with Crippen LogP contribution in [0.25, 0.3) is 11.1 Å². The molecular formula is C34H44. The normalized spacial score (nSPS) is 12.2. The molecule has 0 amide bonds. The fourth-order valence-electron chi connectivity index (χ4n) is 5.63. The van der Waals surface area contributed by atoms with Crippen LogP contribution in [0.5, 0.6) is 0 Å². The Morgan fingerprint density at radius 2 is 0.882 bits per heavy atom. The van der Waals surface area contributed by atoms with Crippen LogP contribution in [0.1, 0.15) is 98.5 Å². The predicted molar refractivity (Wildman–Crippen MR) is 152 cm³/mol. The maximum absolute atomic E-state index is 2.34. The molecule has 0 saturated carbocycles. The van der Waals surface area contributed by atoms with Gasteiger partial charge in [0.15, 0.2) is 0 Å². The van der Waals surface area contributed by atoms with Gasteiger partial charge in [0.1, 0.15) is 0 Å². The van der Waals surface area contributed by atoms with Crippen LogP contribution in [0.4, 0.5) is 0 Å². The molecule has 0 heteroatoms. The summed E-state index contributed by atoms with van der Waals surface area (Å²) in [5.74, 6) is 0. The van der Waals surface area contributed by atoms with Gasteiger partial charge in [0.05, 0.1) is 0 Å². The molecule has 3 aromatic rings. The Hall–Kier alpha value is -2.60. The SMILES string of the molecule is CCCC/C(=C(\c1ccccc1)c1c(C)c(C)c(C)c(C)c1C)c1c(C)c(C)c(C)c(C)c1C. The van der Waals surface area contributed by atoms with Crippen LogP contribution in [0.3, 0.4) is 0 Å². The van der Waals surface area contributed by atoms with Crippen molar-refractivity contribution in [1.82, 2.24) is 0 Å². The minimum absolute atomic E-state index is 1.09. The summed E-state index contributed by atoms with van der Waals surface area (Å²) in [5.41, 5.74) is 21.5. The lowest BCUT2D eigenvalue weighted by molar-refractivity contribution is 0.823. The number of hydrogen-bond acceptors (Lipinski definition) is 0. The molecule has 3 rings (SSSR count). The van der Waals surface area contributed by atoms with Crippen molar-refractivity contribution in [1.29, 1.82) is 0 Å². The van der Waals surface area contributed by atoms with Gasteiger partial charge in [0.2, 0.25) is 0 Å². The molecule has 0 aromatic heterocycles.